The molecule has 0 radical (unpaired) electrons. The van der Waals surface area contributed by atoms with Crippen LogP contribution in [0.15, 0.2) is 18.2 Å². The van der Waals surface area contributed by atoms with Gasteiger partial charge in [-0.15, -0.1) is 0 Å². The van der Waals surface area contributed by atoms with Crippen molar-refractivity contribution < 1.29 is 24.5 Å². The van der Waals surface area contributed by atoms with Crippen LogP contribution in [0.5, 0.6) is 11.5 Å². The molecule has 2 rings (SSSR count). The average molecular weight is 267 g/mol. The number of nitrogens with zero attached hydrogens (tertiary/aromatic N) is 1. The Balaban J connectivity index is 2.29. The molecular formula is C13H17NO5. The Labute approximate surface area is 111 Å². The smallest absolute Gasteiger partial charge is 0.325 e. The third kappa shape index (κ3) is 2.97. The fraction of sp³-hybridized carbons (Fsp3) is 0.462. The van der Waals surface area contributed by atoms with Crippen LogP contribution >= 0.6 is 0 Å². The van der Waals surface area contributed by atoms with Gasteiger partial charge in [-0.3, -0.25) is 9.69 Å². The van der Waals surface area contributed by atoms with Gasteiger partial charge in [0, 0.05) is 6.54 Å². The molecule has 1 aromatic rings. The van der Waals surface area contributed by atoms with Crippen molar-refractivity contribution >= 4 is 5.97 Å². The lowest BCUT2D eigenvalue weighted by molar-refractivity contribution is -0.143. The highest BCUT2D eigenvalue weighted by molar-refractivity contribution is 5.76. The van der Waals surface area contributed by atoms with Crippen LogP contribution in [0.2, 0.25) is 0 Å². The van der Waals surface area contributed by atoms with Crippen molar-refractivity contribution in [1.29, 1.82) is 0 Å². The molecule has 1 aromatic carbocycles. The summed E-state index contributed by atoms with van der Waals surface area (Å²) in [6.45, 7) is 1.15. The van der Waals surface area contributed by atoms with Crippen molar-refractivity contribution in [3.63, 3.8) is 0 Å². The van der Waals surface area contributed by atoms with Gasteiger partial charge in [0.2, 0.25) is 0 Å². The Morgan fingerprint density at radius 2 is 2.05 bits per heavy atom. The summed E-state index contributed by atoms with van der Waals surface area (Å²) in [7, 11) is 1.66. The topological polar surface area (TPSA) is 79.2 Å². The molecule has 0 spiro atoms. The lowest BCUT2D eigenvalue weighted by Gasteiger charge is -2.26. The molecule has 6 nitrogen and oxygen atoms in total. The number of carboxylic acids is 1. The maximum Gasteiger partial charge on any atom is 0.325 e. The first-order valence-corrected chi connectivity index (χ1v) is 6.07. The number of rotatable bonds is 5. The Morgan fingerprint density at radius 1 is 1.37 bits per heavy atom. The monoisotopic (exact) mass is 267 g/mol. The number of ether oxygens (including phenoxy) is 2. The minimum atomic E-state index is -0.965. The van der Waals surface area contributed by atoms with Gasteiger partial charge in [0.25, 0.3) is 0 Å². The summed E-state index contributed by atoms with van der Waals surface area (Å²) in [5.74, 6) is 0.226. The molecule has 0 saturated carbocycles. The van der Waals surface area contributed by atoms with Crippen LogP contribution in [0, 0.1) is 0 Å². The van der Waals surface area contributed by atoms with Gasteiger partial charge < -0.3 is 19.7 Å². The molecule has 0 aromatic heterocycles. The van der Waals surface area contributed by atoms with E-state index in [1.807, 2.05) is 0 Å². The number of fused-ring (bicyclic) bond motifs is 1. The lowest BCUT2D eigenvalue weighted by Crippen LogP contribution is -2.33. The van der Waals surface area contributed by atoms with E-state index in [1.54, 1.807) is 30.1 Å². The van der Waals surface area contributed by atoms with Crippen LogP contribution in [0.25, 0.3) is 0 Å². The maximum atomic E-state index is 11.4. The number of likely N-dealkylation sites (N-methyl/N-ethyl adjacent to an activating group) is 1. The zero-order chi connectivity index (χ0) is 13.8. The standard InChI is InChI=1S/C13H17NO5/c1-14(4-5-15)12(13(16)17)9-2-3-10-11(8-9)19-7-6-18-10/h2-3,8,12,15H,4-7H2,1H3,(H,16,17). The second kappa shape index (κ2) is 5.90. The quantitative estimate of drug-likeness (QED) is 0.809. The number of aliphatic carboxylic acids is 1. The predicted molar refractivity (Wildman–Crippen MR) is 67.5 cm³/mol. The number of benzene rings is 1. The van der Waals surface area contributed by atoms with E-state index in [1.165, 1.54) is 0 Å². The zero-order valence-electron chi connectivity index (χ0n) is 10.7. The van der Waals surface area contributed by atoms with E-state index in [-0.39, 0.29) is 13.2 Å². The summed E-state index contributed by atoms with van der Waals surface area (Å²) in [6, 6.07) is 4.29. The highest BCUT2D eigenvalue weighted by Crippen LogP contribution is 2.33. The molecule has 0 bridgehead atoms. The molecule has 2 N–H and O–H groups in total. The molecule has 1 unspecified atom stereocenters. The molecule has 6 heteroatoms. The summed E-state index contributed by atoms with van der Waals surface area (Å²) in [6.07, 6.45) is 0. The Bertz CT molecular complexity index is 462. The van der Waals surface area contributed by atoms with E-state index >= 15 is 0 Å². The molecule has 104 valence electrons. The minimum absolute atomic E-state index is 0.0924. The van der Waals surface area contributed by atoms with Gasteiger partial charge in [-0.05, 0) is 24.7 Å². The van der Waals surface area contributed by atoms with Gasteiger partial charge in [0.15, 0.2) is 11.5 Å². The molecule has 0 saturated heterocycles. The van der Waals surface area contributed by atoms with E-state index in [0.29, 0.717) is 30.3 Å². The van der Waals surface area contributed by atoms with Gasteiger partial charge in [-0.2, -0.15) is 0 Å². The predicted octanol–water partition coefficient (Wildman–Crippen LogP) is 0.508. The van der Waals surface area contributed by atoms with E-state index in [2.05, 4.69) is 0 Å². The molecule has 1 aliphatic rings. The molecule has 1 atom stereocenters. The first-order valence-electron chi connectivity index (χ1n) is 6.07. The fourth-order valence-electron chi connectivity index (χ4n) is 2.10. The molecule has 19 heavy (non-hydrogen) atoms. The summed E-state index contributed by atoms with van der Waals surface area (Å²) in [5.41, 5.74) is 0.604. The van der Waals surface area contributed by atoms with Crippen molar-refractivity contribution in [1.82, 2.24) is 4.90 Å². The third-order valence-corrected chi connectivity index (χ3v) is 3.01. The Hall–Kier alpha value is -1.79. The summed E-state index contributed by atoms with van der Waals surface area (Å²) >= 11 is 0. The van der Waals surface area contributed by atoms with Crippen LogP contribution in [0.1, 0.15) is 11.6 Å². The van der Waals surface area contributed by atoms with Crippen LogP contribution in [-0.4, -0.2) is 54.5 Å². The number of carboxylic acid groups (broad SMARTS) is 1. The zero-order valence-corrected chi connectivity index (χ0v) is 10.7. The van der Waals surface area contributed by atoms with Gasteiger partial charge in [0.05, 0.1) is 6.61 Å². The van der Waals surface area contributed by atoms with Crippen molar-refractivity contribution in [2.75, 3.05) is 33.4 Å². The van der Waals surface area contributed by atoms with Gasteiger partial charge in [-0.1, -0.05) is 6.07 Å². The van der Waals surface area contributed by atoms with E-state index in [0.717, 1.165) is 0 Å². The van der Waals surface area contributed by atoms with E-state index < -0.39 is 12.0 Å². The molecule has 0 aliphatic carbocycles. The SMILES string of the molecule is CN(CCO)C(C(=O)O)c1ccc2c(c1)OCCO2. The summed E-state index contributed by atoms with van der Waals surface area (Å²) in [5, 5.41) is 18.3. The fourth-order valence-corrected chi connectivity index (χ4v) is 2.10. The highest BCUT2D eigenvalue weighted by atomic mass is 16.6. The summed E-state index contributed by atoms with van der Waals surface area (Å²) < 4.78 is 10.8. The number of aliphatic hydroxyl groups excluding tert-OH is 1. The third-order valence-electron chi connectivity index (χ3n) is 3.01. The first-order chi connectivity index (χ1) is 9.13. The van der Waals surface area contributed by atoms with Crippen LogP contribution in [-0.2, 0) is 4.79 Å². The Kier molecular flexibility index (Phi) is 4.24. The molecule has 0 fully saturated rings. The minimum Gasteiger partial charge on any atom is -0.486 e. The number of hydrogen-bond donors (Lipinski definition) is 2. The second-order valence-electron chi connectivity index (χ2n) is 4.35. The van der Waals surface area contributed by atoms with Crippen molar-refractivity contribution in [3.8, 4) is 11.5 Å². The van der Waals surface area contributed by atoms with Crippen LogP contribution < -0.4 is 9.47 Å². The first kappa shape index (κ1) is 13.6. The van der Waals surface area contributed by atoms with Crippen LogP contribution in [0.3, 0.4) is 0 Å². The maximum absolute atomic E-state index is 11.4. The number of hydrogen-bond acceptors (Lipinski definition) is 5. The second-order valence-corrected chi connectivity index (χ2v) is 4.35. The highest BCUT2D eigenvalue weighted by Gasteiger charge is 2.26. The van der Waals surface area contributed by atoms with Gasteiger partial charge >= 0.3 is 5.97 Å². The van der Waals surface area contributed by atoms with E-state index in [4.69, 9.17) is 14.6 Å². The molecule has 1 heterocycles. The van der Waals surface area contributed by atoms with Crippen molar-refractivity contribution in [2.45, 2.75) is 6.04 Å². The van der Waals surface area contributed by atoms with Gasteiger partial charge in [0.1, 0.15) is 19.3 Å². The molecule has 0 amide bonds. The normalized spacial score (nSPS) is 15.3. The van der Waals surface area contributed by atoms with Crippen LogP contribution in [0.4, 0.5) is 0 Å². The van der Waals surface area contributed by atoms with Crippen molar-refractivity contribution in [2.24, 2.45) is 0 Å². The lowest BCUT2D eigenvalue weighted by atomic mass is 10.0. The summed E-state index contributed by atoms with van der Waals surface area (Å²) in [4.78, 5) is 13.0. The largest absolute Gasteiger partial charge is 0.486 e. The molecule has 1 aliphatic heterocycles. The van der Waals surface area contributed by atoms with E-state index in [9.17, 15) is 9.90 Å². The van der Waals surface area contributed by atoms with Crippen molar-refractivity contribution in [3.05, 3.63) is 23.8 Å². The van der Waals surface area contributed by atoms with Gasteiger partial charge in [-0.25, -0.2) is 0 Å². The number of aliphatic hydroxyl groups is 1. The average Bonchev–Trinajstić information content (AvgIpc) is 2.38. The number of carbonyl (C=O) groups is 1. The Morgan fingerprint density at radius 3 is 2.68 bits per heavy atom. The molecular weight excluding hydrogens is 250 g/mol.